The van der Waals surface area contributed by atoms with Gasteiger partial charge in [0.05, 0.1) is 0 Å². The molecule has 3 rings (SSSR count). The van der Waals surface area contributed by atoms with Crippen LogP contribution in [0.3, 0.4) is 0 Å². The molecule has 10 heteroatoms. The van der Waals surface area contributed by atoms with Crippen molar-refractivity contribution in [2.45, 2.75) is 44.4 Å². The summed E-state index contributed by atoms with van der Waals surface area (Å²) in [4.78, 5) is 36.2. The van der Waals surface area contributed by atoms with E-state index in [2.05, 4.69) is 0 Å². The molecule has 1 aliphatic carbocycles. The van der Waals surface area contributed by atoms with Crippen LogP contribution in [-0.4, -0.2) is 47.4 Å². The quantitative estimate of drug-likeness (QED) is 0.557. The number of carboxylic acid groups (broad SMARTS) is 1. The minimum absolute atomic E-state index is 0.251. The van der Waals surface area contributed by atoms with E-state index in [0.717, 1.165) is 22.3 Å². The first-order valence-corrected chi connectivity index (χ1v) is 10.6. The monoisotopic (exact) mass is 478 g/mol. The number of halogens is 3. The fourth-order valence-corrected chi connectivity index (χ4v) is 3.89. The van der Waals surface area contributed by atoms with Crippen molar-refractivity contribution in [3.05, 3.63) is 59.7 Å². The lowest BCUT2D eigenvalue weighted by atomic mass is 9.97. The highest BCUT2D eigenvalue weighted by Gasteiger charge is 2.59. The molecular weight excluding hydrogens is 453 g/mol. The van der Waals surface area contributed by atoms with Crippen molar-refractivity contribution in [3.8, 4) is 11.1 Å². The van der Waals surface area contributed by atoms with Crippen molar-refractivity contribution in [2.75, 3.05) is 6.61 Å². The molecule has 0 saturated carbocycles. The molecular formula is C24H25F3N2O5. The van der Waals surface area contributed by atoms with E-state index < -0.39 is 41.6 Å². The molecule has 1 unspecified atom stereocenters. The number of fused-ring (bicyclic) bond motifs is 3. The number of alkyl carbamates (subject to hydrolysis) is 1. The predicted octanol–water partition coefficient (Wildman–Crippen LogP) is 4.07. The summed E-state index contributed by atoms with van der Waals surface area (Å²) in [5, 5.41) is 12.7. The first kappa shape index (κ1) is 25.1. The van der Waals surface area contributed by atoms with Gasteiger partial charge in [0, 0.05) is 5.92 Å². The maximum absolute atomic E-state index is 13.8. The number of carboxylic acids is 1. The third-order valence-electron chi connectivity index (χ3n) is 5.94. The topological polar surface area (TPSA) is 105 Å². The summed E-state index contributed by atoms with van der Waals surface area (Å²) in [6, 6.07) is 13.3. The lowest BCUT2D eigenvalue weighted by molar-refractivity contribution is -0.195. The van der Waals surface area contributed by atoms with Crippen LogP contribution in [0.2, 0.25) is 0 Å². The number of amides is 2. The fraction of sp³-hybridized carbons (Fsp3) is 0.375. The second-order valence-corrected chi connectivity index (χ2v) is 8.61. The molecule has 7 nitrogen and oxygen atoms in total. The summed E-state index contributed by atoms with van der Waals surface area (Å²) in [6.07, 6.45) is -6.67. The average molecular weight is 478 g/mol. The van der Waals surface area contributed by atoms with Crippen LogP contribution in [0.4, 0.5) is 18.0 Å². The summed E-state index contributed by atoms with van der Waals surface area (Å²) in [7, 11) is 0. The van der Waals surface area contributed by atoms with Crippen molar-refractivity contribution in [2.24, 2.45) is 5.92 Å². The van der Waals surface area contributed by atoms with Crippen LogP contribution in [0.5, 0.6) is 0 Å². The standard InChI is InChI=1S/C24H25F3N2O5/c1-13(2)19(20(30)31)28-21(32)23(3,24(25,26)27)29-22(33)34-12-18-16-10-6-4-8-14(16)15-9-5-7-11-17(15)18/h4-11,13,18-19H,12H2,1-3H3,(H,28,32)(H,29,33)(H,30,31)/t19-,23?/m1/s1. The Kier molecular flexibility index (Phi) is 6.90. The van der Waals surface area contributed by atoms with Crippen LogP contribution in [0, 0.1) is 5.92 Å². The highest BCUT2D eigenvalue weighted by Crippen LogP contribution is 2.44. The van der Waals surface area contributed by atoms with Crippen LogP contribution in [0.15, 0.2) is 48.5 Å². The van der Waals surface area contributed by atoms with E-state index in [1.54, 1.807) is 5.32 Å². The number of carbonyl (C=O) groups is 3. The van der Waals surface area contributed by atoms with Gasteiger partial charge in [0.15, 0.2) is 0 Å². The van der Waals surface area contributed by atoms with Crippen molar-refractivity contribution in [1.29, 1.82) is 0 Å². The second-order valence-electron chi connectivity index (χ2n) is 8.61. The van der Waals surface area contributed by atoms with Crippen LogP contribution in [0.1, 0.15) is 37.8 Å². The molecule has 0 aromatic heterocycles. The third-order valence-corrected chi connectivity index (χ3v) is 5.94. The molecule has 0 aliphatic heterocycles. The molecule has 1 aliphatic rings. The zero-order valence-electron chi connectivity index (χ0n) is 18.8. The molecule has 0 radical (unpaired) electrons. The van der Waals surface area contributed by atoms with Crippen LogP contribution >= 0.6 is 0 Å². The van der Waals surface area contributed by atoms with E-state index in [-0.39, 0.29) is 12.5 Å². The molecule has 34 heavy (non-hydrogen) atoms. The number of carbonyl (C=O) groups excluding carboxylic acids is 2. The number of hydrogen-bond donors (Lipinski definition) is 3. The second kappa shape index (κ2) is 9.36. The number of ether oxygens (including phenoxy) is 1. The van der Waals surface area contributed by atoms with Gasteiger partial charge in [0.1, 0.15) is 12.6 Å². The van der Waals surface area contributed by atoms with Crippen LogP contribution < -0.4 is 10.6 Å². The number of benzene rings is 2. The molecule has 182 valence electrons. The molecule has 0 saturated heterocycles. The van der Waals surface area contributed by atoms with Crippen LogP contribution in [0.25, 0.3) is 11.1 Å². The SMILES string of the molecule is CC(C)[C@@H](NC(=O)C(C)(NC(=O)OCC1c2ccccc2-c2ccccc21)C(F)(F)F)C(=O)O. The maximum Gasteiger partial charge on any atom is 0.420 e. The number of hydrogen-bond acceptors (Lipinski definition) is 4. The van der Waals surface area contributed by atoms with E-state index in [4.69, 9.17) is 4.74 Å². The zero-order valence-corrected chi connectivity index (χ0v) is 18.8. The smallest absolute Gasteiger partial charge is 0.420 e. The Labute approximate surface area is 194 Å². The van der Waals surface area contributed by atoms with Gasteiger partial charge in [-0.2, -0.15) is 13.2 Å². The highest BCUT2D eigenvalue weighted by molar-refractivity contribution is 5.93. The molecule has 0 bridgehead atoms. The van der Waals surface area contributed by atoms with E-state index in [1.165, 1.54) is 13.8 Å². The van der Waals surface area contributed by atoms with E-state index in [9.17, 15) is 32.7 Å². The van der Waals surface area contributed by atoms with Gasteiger partial charge in [-0.15, -0.1) is 0 Å². The van der Waals surface area contributed by atoms with E-state index >= 15 is 0 Å². The first-order chi connectivity index (χ1) is 15.9. The minimum Gasteiger partial charge on any atom is -0.480 e. The number of aliphatic carboxylic acids is 1. The third kappa shape index (κ3) is 4.71. The van der Waals surface area contributed by atoms with Gasteiger partial charge in [-0.05, 0) is 35.1 Å². The molecule has 3 N–H and O–H groups in total. The van der Waals surface area contributed by atoms with Crippen molar-refractivity contribution in [3.63, 3.8) is 0 Å². The Hall–Kier alpha value is -3.56. The molecule has 2 aromatic rings. The Morgan fingerprint density at radius 1 is 1.00 bits per heavy atom. The first-order valence-electron chi connectivity index (χ1n) is 10.6. The number of alkyl halides is 3. The molecule has 0 spiro atoms. The molecule has 0 heterocycles. The van der Waals surface area contributed by atoms with E-state index in [1.807, 2.05) is 53.8 Å². The lowest BCUT2D eigenvalue weighted by Gasteiger charge is -2.33. The van der Waals surface area contributed by atoms with Gasteiger partial charge in [-0.3, -0.25) is 10.1 Å². The summed E-state index contributed by atoms with van der Waals surface area (Å²) in [6.45, 7) is 3.08. The highest BCUT2D eigenvalue weighted by atomic mass is 19.4. The summed E-state index contributed by atoms with van der Waals surface area (Å²) in [5.74, 6) is -4.27. The Balaban J connectivity index is 1.76. The summed E-state index contributed by atoms with van der Waals surface area (Å²) in [5.41, 5.74) is 0.223. The Morgan fingerprint density at radius 3 is 1.94 bits per heavy atom. The van der Waals surface area contributed by atoms with Gasteiger partial charge in [0.2, 0.25) is 5.54 Å². The molecule has 0 fully saturated rings. The lowest BCUT2D eigenvalue weighted by Crippen LogP contribution is -2.67. The van der Waals surface area contributed by atoms with Gasteiger partial charge >= 0.3 is 18.2 Å². The van der Waals surface area contributed by atoms with Crippen molar-refractivity contribution in [1.82, 2.24) is 10.6 Å². The number of nitrogens with one attached hydrogen (secondary N) is 2. The largest absolute Gasteiger partial charge is 0.480 e. The molecule has 2 amide bonds. The van der Waals surface area contributed by atoms with E-state index in [0.29, 0.717) is 6.92 Å². The minimum atomic E-state index is -5.22. The van der Waals surface area contributed by atoms with Gasteiger partial charge in [0.25, 0.3) is 5.91 Å². The predicted molar refractivity (Wildman–Crippen MR) is 117 cm³/mol. The van der Waals surface area contributed by atoms with Crippen molar-refractivity contribution < 1.29 is 37.4 Å². The summed E-state index contributed by atoms with van der Waals surface area (Å²) < 4.78 is 46.6. The van der Waals surface area contributed by atoms with Crippen molar-refractivity contribution >= 4 is 18.0 Å². The number of rotatable bonds is 7. The van der Waals surface area contributed by atoms with Gasteiger partial charge < -0.3 is 15.2 Å². The molecule has 2 atom stereocenters. The zero-order chi connectivity index (χ0) is 25.3. The van der Waals surface area contributed by atoms with Crippen LogP contribution in [-0.2, 0) is 14.3 Å². The average Bonchev–Trinajstić information content (AvgIpc) is 3.08. The summed E-state index contributed by atoms with van der Waals surface area (Å²) >= 11 is 0. The molecule has 2 aromatic carbocycles. The maximum atomic E-state index is 13.8. The normalized spacial score (nSPS) is 15.6. The Morgan fingerprint density at radius 2 is 1.50 bits per heavy atom. The van der Waals surface area contributed by atoms with Gasteiger partial charge in [-0.1, -0.05) is 62.4 Å². The fourth-order valence-electron chi connectivity index (χ4n) is 3.89. The Bertz CT molecular complexity index is 1060. The van der Waals surface area contributed by atoms with Gasteiger partial charge in [-0.25, -0.2) is 9.59 Å².